The van der Waals surface area contributed by atoms with Gasteiger partial charge in [0.25, 0.3) is 5.91 Å². The standard InChI is InChI=1S/C14H12BrNO3S/c1-7-3-4-10(15)9(5-7)13(17)16-11-6-8(2)12(20-11)14(18)19/h3-6H,1-2H3,(H,16,17)(H,18,19). The lowest BCUT2D eigenvalue weighted by Crippen LogP contribution is -2.11. The Hall–Kier alpha value is -1.66. The van der Waals surface area contributed by atoms with Crippen molar-refractivity contribution in [1.29, 1.82) is 0 Å². The van der Waals surface area contributed by atoms with E-state index < -0.39 is 5.97 Å². The molecule has 0 atom stereocenters. The molecule has 1 aromatic heterocycles. The molecule has 2 rings (SSSR count). The second-order valence-electron chi connectivity index (χ2n) is 4.37. The van der Waals surface area contributed by atoms with E-state index in [0.717, 1.165) is 16.9 Å². The van der Waals surface area contributed by atoms with Crippen LogP contribution in [0.15, 0.2) is 28.7 Å². The van der Waals surface area contributed by atoms with E-state index in [2.05, 4.69) is 21.2 Å². The van der Waals surface area contributed by atoms with Crippen LogP contribution >= 0.6 is 27.3 Å². The molecule has 4 nitrogen and oxygen atoms in total. The number of carboxylic acids is 1. The number of aryl methyl sites for hydroxylation is 2. The Bertz CT molecular complexity index is 694. The highest BCUT2D eigenvalue weighted by Gasteiger charge is 2.15. The number of aromatic carboxylic acids is 1. The van der Waals surface area contributed by atoms with Crippen molar-refractivity contribution in [3.05, 3.63) is 50.3 Å². The molecule has 104 valence electrons. The van der Waals surface area contributed by atoms with Crippen LogP contribution in [-0.4, -0.2) is 17.0 Å². The first-order chi connectivity index (χ1) is 9.38. The summed E-state index contributed by atoms with van der Waals surface area (Å²) in [5.74, 6) is -1.25. The van der Waals surface area contributed by atoms with E-state index in [1.54, 1.807) is 19.1 Å². The van der Waals surface area contributed by atoms with Crippen molar-refractivity contribution in [2.75, 3.05) is 5.32 Å². The number of halogens is 1. The zero-order chi connectivity index (χ0) is 14.9. The van der Waals surface area contributed by atoms with E-state index in [-0.39, 0.29) is 10.8 Å². The molecule has 2 aromatic rings. The summed E-state index contributed by atoms with van der Waals surface area (Å²) < 4.78 is 0.701. The second kappa shape index (κ2) is 5.76. The van der Waals surface area contributed by atoms with Crippen LogP contribution in [0.5, 0.6) is 0 Å². The molecule has 0 aliphatic rings. The van der Waals surface area contributed by atoms with Crippen molar-refractivity contribution >= 4 is 44.1 Å². The maximum atomic E-state index is 12.2. The molecule has 0 unspecified atom stereocenters. The van der Waals surface area contributed by atoms with Crippen LogP contribution in [-0.2, 0) is 0 Å². The Morgan fingerprint density at radius 1 is 1.25 bits per heavy atom. The zero-order valence-electron chi connectivity index (χ0n) is 10.9. The number of hydrogen-bond donors (Lipinski definition) is 2. The molecule has 1 heterocycles. The topological polar surface area (TPSA) is 66.4 Å². The van der Waals surface area contributed by atoms with Gasteiger partial charge in [-0.2, -0.15) is 0 Å². The van der Waals surface area contributed by atoms with Gasteiger partial charge in [0.15, 0.2) is 0 Å². The molecule has 1 amide bonds. The minimum Gasteiger partial charge on any atom is -0.477 e. The summed E-state index contributed by atoms with van der Waals surface area (Å²) in [6, 6.07) is 7.15. The van der Waals surface area contributed by atoms with Gasteiger partial charge in [-0.05, 0) is 53.5 Å². The Morgan fingerprint density at radius 2 is 1.95 bits per heavy atom. The van der Waals surface area contributed by atoms with Gasteiger partial charge in [-0.25, -0.2) is 4.79 Å². The molecule has 0 fully saturated rings. The monoisotopic (exact) mass is 353 g/mol. The smallest absolute Gasteiger partial charge is 0.346 e. The molecular weight excluding hydrogens is 342 g/mol. The molecule has 0 saturated heterocycles. The van der Waals surface area contributed by atoms with Crippen LogP contribution < -0.4 is 5.32 Å². The van der Waals surface area contributed by atoms with Gasteiger partial charge in [-0.3, -0.25) is 4.79 Å². The third kappa shape index (κ3) is 3.08. The maximum Gasteiger partial charge on any atom is 0.346 e. The average molecular weight is 354 g/mol. The van der Waals surface area contributed by atoms with Crippen molar-refractivity contribution < 1.29 is 14.7 Å². The molecule has 0 aliphatic heterocycles. The van der Waals surface area contributed by atoms with Crippen molar-refractivity contribution in [2.45, 2.75) is 13.8 Å². The van der Waals surface area contributed by atoms with Crippen LogP contribution in [0.1, 0.15) is 31.2 Å². The Kier molecular flexibility index (Phi) is 4.25. The van der Waals surface area contributed by atoms with E-state index in [1.165, 1.54) is 0 Å². The highest BCUT2D eigenvalue weighted by atomic mass is 79.9. The minimum absolute atomic E-state index is 0.239. The van der Waals surface area contributed by atoms with Crippen LogP contribution in [0.3, 0.4) is 0 Å². The fourth-order valence-corrected chi connectivity index (χ4v) is 3.08. The molecule has 2 N–H and O–H groups in total. The molecule has 0 radical (unpaired) electrons. The summed E-state index contributed by atoms with van der Waals surface area (Å²) >= 11 is 4.39. The number of benzene rings is 1. The molecule has 0 bridgehead atoms. The zero-order valence-corrected chi connectivity index (χ0v) is 13.3. The number of rotatable bonds is 3. The largest absolute Gasteiger partial charge is 0.477 e. The predicted octanol–water partition coefficient (Wildman–Crippen LogP) is 4.08. The van der Waals surface area contributed by atoms with E-state index in [1.807, 2.05) is 19.1 Å². The van der Waals surface area contributed by atoms with Gasteiger partial charge in [0.1, 0.15) is 4.88 Å². The summed E-state index contributed by atoms with van der Waals surface area (Å²) in [5, 5.41) is 12.3. The number of anilines is 1. The molecule has 20 heavy (non-hydrogen) atoms. The van der Waals surface area contributed by atoms with Crippen LogP contribution in [0.4, 0.5) is 5.00 Å². The first-order valence-corrected chi connectivity index (χ1v) is 7.40. The molecular formula is C14H12BrNO3S. The van der Waals surface area contributed by atoms with E-state index >= 15 is 0 Å². The van der Waals surface area contributed by atoms with Crippen molar-refractivity contribution in [1.82, 2.24) is 0 Å². The third-order valence-corrected chi connectivity index (χ3v) is 4.55. The lowest BCUT2D eigenvalue weighted by Gasteiger charge is -2.05. The van der Waals surface area contributed by atoms with E-state index in [0.29, 0.717) is 20.6 Å². The quantitative estimate of drug-likeness (QED) is 0.873. The number of amides is 1. The van der Waals surface area contributed by atoms with Gasteiger partial charge >= 0.3 is 5.97 Å². The van der Waals surface area contributed by atoms with E-state index in [4.69, 9.17) is 5.11 Å². The van der Waals surface area contributed by atoms with Crippen LogP contribution in [0.25, 0.3) is 0 Å². The number of carbonyl (C=O) groups is 2. The maximum absolute atomic E-state index is 12.2. The van der Waals surface area contributed by atoms with Crippen molar-refractivity contribution in [2.24, 2.45) is 0 Å². The Balaban J connectivity index is 2.26. The first-order valence-electron chi connectivity index (χ1n) is 5.79. The van der Waals surface area contributed by atoms with Gasteiger partial charge in [0.05, 0.1) is 10.6 Å². The fraction of sp³-hybridized carbons (Fsp3) is 0.143. The predicted molar refractivity (Wildman–Crippen MR) is 82.8 cm³/mol. The summed E-state index contributed by atoms with van der Waals surface area (Å²) in [6.45, 7) is 3.61. The summed E-state index contributed by atoms with van der Waals surface area (Å²) in [4.78, 5) is 23.4. The Labute approximate surface area is 128 Å². The molecule has 6 heteroatoms. The number of nitrogens with one attached hydrogen (secondary N) is 1. The van der Waals surface area contributed by atoms with Crippen molar-refractivity contribution in [3.63, 3.8) is 0 Å². The van der Waals surface area contributed by atoms with Gasteiger partial charge in [0, 0.05) is 4.47 Å². The Morgan fingerprint density at radius 3 is 2.55 bits per heavy atom. The van der Waals surface area contributed by atoms with Gasteiger partial charge in [0.2, 0.25) is 0 Å². The highest BCUT2D eigenvalue weighted by Crippen LogP contribution is 2.28. The van der Waals surface area contributed by atoms with Crippen LogP contribution in [0.2, 0.25) is 0 Å². The number of thiophene rings is 1. The SMILES string of the molecule is Cc1ccc(Br)c(C(=O)Nc2cc(C)c(C(=O)O)s2)c1. The summed E-state index contributed by atoms with van der Waals surface area (Å²) in [7, 11) is 0. The molecule has 1 aromatic carbocycles. The lowest BCUT2D eigenvalue weighted by molar-refractivity contribution is 0.0701. The lowest BCUT2D eigenvalue weighted by atomic mass is 10.1. The molecule has 0 aliphatic carbocycles. The normalized spacial score (nSPS) is 10.3. The number of carboxylic acid groups (broad SMARTS) is 1. The van der Waals surface area contributed by atoms with E-state index in [9.17, 15) is 9.59 Å². The minimum atomic E-state index is -0.982. The van der Waals surface area contributed by atoms with Gasteiger partial charge in [-0.1, -0.05) is 11.6 Å². The average Bonchev–Trinajstić information content (AvgIpc) is 2.73. The molecule has 0 spiro atoms. The van der Waals surface area contributed by atoms with Crippen molar-refractivity contribution in [3.8, 4) is 0 Å². The second-order valence-corrected chi connectivity index (χ2v) is 6.27. The highest BCUT2D eigenvalue weighted by molar-refractivity contribution is 9.10. The number of carbonyl (C=O) groups excluding carboxylic acids is 1. The first kappa shape index (κ1) is 14.7. The summed E-state index contributed by atoms with van der Waals surface area (Å²) in [5.41, 5.74) is 2.14. The van der Waals surface area contributed by atoms with Gasteiger partial charge in [-0.15, -0.1) is 11.3 Å². The molecule has 0 saturated carbocycles. The van der Waals surface area contributed by atoms with Gasteiger partial charge < -0.3 is 10.4 Å². The summed E-state index contributed by atoms with van der Waals surface area (Å²) in [6.07, 6.45) is 0. The van der Waals surface area contributed by atoms with Crippen LogP contribution in [0, 0.1) is 13.8 Å². The number of hydrogen-bond acceptors (Lipinski definition) is 3. The third-order valence-electron chi connectivity index (χ3n) is 2.72. The fourth-order valence-electron chi connectivity index (χ4n) is 1.75.